The van der Waals surface area contributed by atoms with Gasteiger partial charge in [0.1, 0.15) is 11.9 Å². The Labute approximate surface area is 79.7 Å². The van der Waals surface area contributed by atoms with Crippen molar-refractivity contribution in [2.45, 2.75) is 32.8 Å². The smallest absolute Gasteiger partial charge is 0.123 e. The highest BCUT2D eigenvalue weighted by atomic mass is 16.5. The molecule has 0 bridgehead atoms. The van der Waals surface area contributed by atoms with Gasteiger partial charge in [0, 0.05) is 6.42 Å². The molecule has 2 atom stereocenters. The van der Waals surface area contributed by atoms with Crippen LogP contribution in [0, 0.1) is 5.92 Å². The van der Waals surface area contributed by atoms with E-state index in [1.54, 1.807) is 0 Å². The minimum atomic E-state index is 0.405. The predicted molar refractivity (Wildman–Crippen MR) is 54.0 cm³/mol. The quantitative estimate of drug-likeness (QED) is 0.673. The molecule has 0 radical (unpaired) electrons. The van der Waals surface area contributed by atoms with Crippen LogP contribution < -0.4 is 4.74 Å². The maximum atomic E-state index is 5.86. The van der Waals surface area contributed by atoms with E-state index in [4.69, 9.17) is 4.74 Å². The van der Waals surface area contributed by atoms with Crippen LogP contribution >= 0.6 is 0 Å². The maximum absolute atomic E-state index is 5.86. The van der Waals surface area contributed by atoms with Crippen LogP contribution in [0.5, 0.6) is 5.75 Å². The van der Waals surface area contributed by atoms with E-state index in [1.807, 2.05) is 6.07 Å². The SMILES string of the molecule is CCC(C)C1Cc2ccccc2O1. The van der Waals surface area contributed by atoms with E-state index in [2.05, 4.69) is 32.0 Å². The first kappa shape index (κ1) is 8.61. The van der Waals surface area contributed by atoms with Gasteiger partial charge in [0.2, 0.25) is 0 Å². The monoisotopic (exact) mass is 176 g/mol. The third-order valence-corrected chi connectivity index (χ3v) is 2.95. The summed E-state index contributed by atoms with van der Waals surface area (Å²) in [6.07, 6.45) is 2.69. The van der Waals surface area contributed by atoms with Crippen LogP contribution in [0.4, 0.5) is 0 Å². The standard InChI is InChI=1S/C12H16O/c1-3-9(2)12-8-10-6-4-5-7-11(10)13-12/h4-7,9,12H,3,8H2,1-2H3. The van der Waals surface area contributed by atoms with E-state index in [9.17, 15) is 0 Å². The van der Waals surface area contributed by atoms with Crippen LogP contribution in [0.2, 0.25) is 0 Å². The van der Waals surface area contributed by atoms with Crippen molar-refractivity contribution in [1.82, 2.24) is 0 Å². The summed E-state index contributed by atoms with van der Waals surface area (Å²) in [6.45, 7) is 4.48. The molecule has 0 N–H and O–H groups in total. The molecule has 2 unspecified atom stereocenters. The largest absolute Gasteiger partial charge is 0.490 e. The van der Waals surface area contributed by atoms with Crippen molar-refractivity contribution in [3.05, 3.63) is 29.8 Å². The van der Waals surface area contributed by atoms with Gasteiger partial charge in [0.15, 0.2) is 0 Å². The molecule has 0 amide bonds. The van der Waals surface area contributed by atoms with E-state index in [1.165, 1.54) is 12.0 Å². The Morgan fingerprint density at radius 1 is 1.46 bits per heavy atom. The van der Waals surface area contributed by atoms with Crippen LogP contribution in [0.15, 0.2) is 24.3 Å². The fraction of sp³-hybridized carbons (Fsp3) is 0.500. The average molecular weight is 176 g/mol. The Balaban J connectivity index is 2.14. The van der Waals surface area contributed by atoms with E-state index in [0.29, 0.717) is 12.0 Å². The van der Waals surface area contributed by atoms with Gasteiger partial charge >= 0.3 is 0 Å². The first-order valence-electron chi connectivity index (χ1n) is 5.06. The molecule has 1 aliphatic heterocycles. The molecule has 1 aromatic carbocycles. The summed E-state index contributed by atoms with van der Waals surface area (Å²) in [5, 5.41) is 0. The molecule has 1 nitrogen and oxygen atoms in total. The zero-order valence-electron chi connectivity index (χ0n) is 8.29. The highest BCUT2D eigenvalue weighted by Crippen LogP contribution is 2.31. The Hall–Kier alpha value is -0.980. The van der Waals surface area contributed by atoms with Crippen molar-refractivity contribution >= 4 is 0 Å². The lowest BCUT2D eigenvalue weighted by molar-refractivity contribution is 0.166. The Morgan fingerprint density at radius 3 is 2.92 bits per heavy atom. The van der Waals surface area contributed by atoms with Crippen LogP contribution in [0.25, 0.3) is 0 Å². The van der Waals surface area contributed by atoms with Gasteiger partial charge in [-0.2, -0.15) is 0 Å². The first-order chi connectivity index (χ1) is 6.31. The molecule has 2 rings (SSSR count). The van der Waals surface area contributed by atoms with Gasteiger partial charge in [-0.1, -0.05) is 38.5 Å². The number of hydrogen-bond donors (Lipinski definition) is 0. The summed E-state index contributed by atoms with van der Waals surface area (Å²) >= 11 is 0. The first-order valence-corrected chi connectivity index (χ1v) is 5.06. The summed E-state index contributed by atoms with van der Waals surface area (Å²) in [7, 11) is 0. The number of fused-ring (bicyclic) bond motifs is 1. The highest BCUT2D eigenvalue weighted by Gasteiger charge is 2.25. The summed E-state index contributed by atoms with van der Waals surface area (Å²) < 4.78 is 5.86. The zero-order valence-corrected chi connectivity index (χ0v) is 8.29. The fourth-order valence-electron chi connectivity index (χ4n) is 1.79. The van der Waals surface area contributed by atoms with Gasteiger partial charge in [0.05, 0.1) is 0 Å². The number of para-hydroxylation sites is 1. The molecule has 1 heteroatoms. The second-order valence-electron chi connectivity index (χ2n) is 3.85. The van der Waals surface area contributed by atoms with Crippen molar-refractivity contribution in [3.8, 4) is 5.75 Å². The predicted octanol–water partition coefficient (Wildman–Crippen LogP) is 3.04. The summed E-state index contributed by atoms with van der Waals surface area (Å²) in [6, 6.07) is 8.36. The highest BCUT2D eigenvalue weighted by molar-refractivity contribution is 5.37. The molecule has 0 spiro atoms. The summed E-state index contributed by atoms with van der Waals surface area (Å²) in [4.78, 5) is 0. The molecule has 70 valence electrons. The van der Waals surface area contributed by atoms with Crippen LogP contribution in [0.3, 0.4) is 0 Å². The number of benzene rings is 1. The molecule has 0 aromatic heterocycles. The molecular weight excluding hydrogens is 160 g/mol. The van der Waals surface area contributed by atoms with Crippen LogP contribution in [0.1, 0.15) is 25.8 Å². The molecule has 0 saturated carbocycles. The van der Waals surface area contributed by atoms with E-state index in [-0.39, 0.29) is 0 Å². The lowest BCUT2D eigenvalue weighted by Gasteiger charge is -2.16. The lowest BCUT2D eigenvalue weighted by Crippen LogP contribution is -2.21. The van der Waals surface area contributed by atoms with Gasteiger partial charge in [-0.3, -0.25) is 0 Å². The molecule has 1 heterocycles. The second kappa shape index (κ2) is 3.41. The Kier molecular flexibility index (Phi) is 2.26. The number of hydrogen-bond acceptors (Lipinski definition) is 1. The minimum Gasteiger partial charge on any atom is -0.490 e. The topological polar surface area (TPSA) is 9.23 Å². The van der Waals surface area contributed by atoms with Gasteiger partial charge in [-0.05, 0) is 17.5 Å². The van der Waals surface area contributed by atoms with Gasteiger partial charge in [-0.25, -0.2) is 0 Å². The molecule has 0 saturated heterocycles. The van der Waals surface area contributed by atoms with Crippen molar-refractivity contribution < 1.29 is 4.74 Å². The van der Waals surface area contributed by atoms with E-state index in [0.717, 1.165) is 12.2 Å². The molecule has 13 heavy (non-hydrogen) atoms. The molecule has 0 fully saturated rings. The summed E-state index contributed by atoms with van der Waals surface area (Å²) in [5.74, 6) is 1.75. The lowest BCUT2D eigenvalue weighted by atomic mass is 9.98. The van der Waals surface area contributed by atoms with E-state index < -0.39 is 0 Å². The Morgan fingerprint density at radius 2 is 2.23 bits per heavy atom. The van der Waals surface area contributed by atoms with Crippen LogP contribution in [-0.2, 0) is 6.42 Å². The molecule has 1 aromatic rings. The van der Waals surface area contributed by atoms with Crippen molar-refractivity contribution in [2.75, 3.05) is 0 Å². The van der Waals surface area contributed by atoms with Crippen molar-refractivity contribution in [3.63, 3.8) is 0 Å². The zero-order chi connectivity index (χ0) is 9.26. The molecule has 1 aliphatic rings. The van der Waals surface area contributed by atoms with Crippen molar-refractivity contribution in [2.24, 2.45) is 5.92 Å². The summed E-state index contributed by atoms with van der Waals surface area (Å²) in [5.41, 5.74) is 1.37. The van der Waals surface area contributed by atoms with Crippen LogP contribution in [-0.4, -0.2) is 6.10 Å². The average Bonchev–Trinajstić information content (AvgIpc) is 2.59. The van der Waals surface area contributed by atoms with E-state index >= 15 is 0 Å². The Bertz CT molecular complexity index is 268. The normalized spacial score (nSPS) is 22.2. The molecular formula is C12H16O. The maximum Gasteiger partial charge on any atom is 0.123 e. The second-order valence-corrected chi connectivity index (χ2v) is 3.85. The van der Waals surface area contributed by atoms with Gasteiger partial charge in [-0.15, -0.1) is 0 Å². The fourth-order valence-corrected chi connectivity index (χ4v) is 1.79. The minimum absolute atomic E-state index is 0.405. The molecule has 0 aliphatic carbocycles. The van der Waals surface area contributed by atoms with Gasteiger partial charge < -0.3 is 4.74 Å². The van der Waals surface area contributed by atoms with Crippen molar-refractivity contribution in [1.29, 1.82) is 0 Å². The third-order valence-electron chi connectivity index (χ3n) is 2.95. The third kappa shape index (κ3) is 1.55. The number of rotatable bonds is 2. The number of ether oxygens (including phenoxy) is 1. The van der Waals surface area contributed by atoms with Gasteiger partial charge in [0.25, 0.3) is 0 Å².